The number of hydrogen-bond donors (Lipinski definition) is 0. The molecule has 0 radical (unpaired) electrons. The third-order valence-corrected chi connectivity index (χ3v) is 2.72. The average Bonchev–Trinajstić information content (AvgIpc) is 2.32. The van der Waals surface area contributed by atoms with E-state index in [0.29, 0.717) is 0 Å². The minimum absolute atomic E-state index is 1.02. The van der Waals surface area contributed by atoms with Crippen molar-refractivity contribution >= 4 is 18.4 Å². The Morgan fingerprint density at radius 2 is 1.25 bits per heavy atom. The molecular formula is C15H11N. The van der Waals surface area contributed by atoms with Gasteiger partial charge < -0.3 is 0 Å². The van der Waals surface area contributed by atoms with E-state index >= 15 is 0 Å². The van der Waals surface area contributed by atoms with E-state index in [9.17, 15) is 0 Å². The number of fused-ring (bicyclic) bond motifs is 2. The van der Waals surface area contributed by atoms with Crippen LogP contribution in [-0.2, 0) is 0 Å². The Hall–Kier alpha value is -2.15. The molecule has 1 aliphatic heterocycles. The van der Waals surface area contributed by atoms with Crippen molar-refractivity contribution in [3.63, 3.8) is 0 Å². The number of rotatable bonds is 0. The van der Waals surface area contributed by atoms with Crippen molar-refractivity contribution in [2.75, 3.05) is 0 Å². The smallest absolute Gasteiger partial charge is 0.0702 e. The van der Waals surface area contributed by atoms with Gasteiger partial charge in [-0.3, -0.25) is 4.99 Å². The molecule has 1 heteroatoms. The van der Waals surface area contributed by atoms with Gasteiger partial charge in [-0.2, -0.15) is 0 Å². The Morgan fingerprint density at radius 3 is 2.12 bits per heavy atom. The van der Waals surface area contributed by atoms with Crippen molar-refractivity contribution in [2.45, 2.75) is 0 Å². The van der Waals surface area contributed by atoms with Gasteiger partial charge in [-0.05, 0) is 16.5 Å². The first-order chi connectivity index (χ1) is 7.93. The number of nitrogens with zero attached hydrogens (tertiary/aromatic N) is 1. The predicted octanol–water partition coefficient (Wildman–Crippen LogP) is 0.319. The molecule has 0 spiro atoms. The van der Waals surface area contributed by atoms with Gasteiger partial charge in [0.15, 0.2) is 0 Å². The fraction of sp³-hybridized carbons (Fsp3) is 0. The van der Waals surface area contributed by atoms with Crippen LogP contribution >= 0.6 is 0 Å². The quantitative estimate of drug-likeness (QED) is 0.587. The molecule has 0 atom stereocenters. The summed E-state index contributed by atoms with van der Waals surface area (Å²) in [5.74, 6) is 0. The molecule has 0 saturated carbocycles. The van der Waals surface area contributed by atoms with Crippen molar-refractivity contribution < 1.29 is 0 Å². The van der Waals surface area contributed by atoms with Crippen LogP contribution in [0.5, 0.6) is 0 Å². The first-order valence-electron chi connectivity index (χ1n) is 5.34. The maximum Gasteiger partial charge on any atom is 0.0702 e. The molecule has 3 rings (SSSR count). The van der Waals surface area contributed by atoms with E-state index in [-0.39, 0.29) is 0 Å². The molecule has 16 heavy (non-hydrogen) atoms. The Balaban J connectivity index is 2.45. The molecular weight excluding hydrogens is 194 g/mol. The lowest BCUT2D eigenvalue weighted by Gasteiger charge is -1.93. The zero-order valence-electron chi connectivity index (χ0n) is 8.80. The summed E-state index contributed by atoms with van der Waals surface area (Å²) in [7, 11) is 0. The lowest BCUT2D eigenvalue weighted by molar-refractivity contribution is 1.33. The van der Waals surface area contributed by atoms with E-state index in [0.717, 1.165) is 15.8 Å². The normalized spacial score (nSPS) is 14.6. The molecule has 0 aliphatic carbocycles. The van der Waals surface area contributed by atoms with E-state index in [4.69, 9.17) is 0 Å². The molecule has 1 nitrogen and oxygen atoms in total. The summed E-state index contributed by atoms with van der Waals surface area (Å²) in [4.78, 5) is 4.51. The molecule has 1 heterocycles. The van der Waals surface area contributed by atoms with Gasteiger partial charge in [0.25, 0.3) is 0 Å². The van der Waals surface area contributed by atoms with Crippen LogP contribution < -0.4 is 21.0 Å². The summed E-state index contributed by atoms with van der Waals surface area (Å²) in [6, 6.07) is 16.4. The first kappa shape index (κ1) is 9.10. The van der Waals surface area contributed by atoms with Crippen LogP contribution in [0, 0.1) is 0 Å². The van der Waals surface area contributed by atoms with Crippen LogP contribution in [0.1, 0.15) is 0 Å². The Kier molecular flexibility index (Phi) is 2.15. The van der Waals surface area contributed by atoms with Crippen LogP contribution in [0.25, 0.3) is 18.4 Å². The summed E-state index contributed by atoms with van der Waals surface area (Å²) < 4.78 is 0. The van der Waals surface area contributed by atoms with E-state index < -0.39 is 0 Å². The number of benzene rings is 2. The molecule has 2 aromatic rings. The van der Waals surface area contributed by atoms with Gasteiger partial charge in [-0.15, -0.1) is 0 Å². The third kappa shape index (κ3) is 1.57. The van der Waals surface area contributed by atoms with Crippen LogP contribution in [0.2, 0.25) is 0 Å². The van der Waals surface area contributed by atoms with Crippen molar-refractivity contribution in [3.8, 4) is 0 Å². The second-order valence-electron chi connectivity index (χ2n) is 3.78. The molecule has 0 saturated heterocycles. The van der Waals surface area contributed by atoms with Gasteiger partial charge in [0.1, 0.15) is 0 Å². The Bertz CT molecular complexity index is 621. The van der Waals surface area contributed by atoms with Gasteiger partial charge in [-0.1, -0.05) is 54.6 Å². The summed E-state index contributed by atoms with van der Waals surface area (Å²) in [6.45, 7) is 0. The van der Waals surface area contributed by atoms with E-state index in [1.54, 1.807) is 0 Å². The van der Waals surface area contributed by atoms with Gasteiger partial charge in [0.05, 0.1) is 5.36 Å². The zero-order valence-corrected chi connectivity index (χ0v) is 8.80. The van der Waals surface area contributed by atoms with Crippen LogP contribution in [0.4, 0.5) is 0 Å². The lowest BCUT2D eigenvalue weighted by atomic mass is 10.2. The minimum atomic E-state index is 1.02. The van der Waals surface area contributed by atoms with Crippen molar-refractivity contribution in [2.24, 2.45) is 4.99 Å². The topological polar surface area (TPSA) is 12.4 Å². The highest BCUT2D eigenvalue weighted by molar-refractivity contribution is 5.61. The highest BCUT2D eigenvalue weighted by Crippen LogP contribution is 1.79. The number of hydrogen-bond acceptors (Lipinski definition) is 1. The highest BCUT2D eigenvalue weighted by Gasteiger charge is 1.88. The van der Waals surface area contributed by atoms with Crippen molar-refractivity contribution in [1.29, 1.82) is 0 Å². The zero-order chi connectivity index (χ0) is 10.8. The van der Waals surface area contributed by atoms with Crippen molar-refractivity contribution in [1.82, 2.24) is 0 Å². The second kappa shape index (κ2) is 3.78. The molecule has 76 valence electrons. The molecule has 0 unspecified atom stereocenters. The predicted molar refractivity (Wildman–Crippen MR) is 66.3 cm³/mol. The molecule has 0 amide bonds. The van der Waals surface area contributed by atoms with Crippen LogP contribution in [0.15, 0.2) is 53.5 Å². The fourth-order valence-corrected chi connectivity index (χ4v) is 1.84. The first-order valence-corrected chi connectivity index (χ1v) is 5.34. The maximum atomic E-state index is 4.51. The standard InChI is InChI=1S/C15H11N/c1-2-7-14-11-16-15-8-4-3-6-13(15)10-9-12(14)5-1/h1-11H/b10-9?,12-9?,13-10?,14-11-,16-11?,16-15?. The largest absolute Gasteiger partial charge is 0.256 e. The summed E-state index contributed by atoms with van der Waals surface area (Å²) in [5.41, 5.74) is 0. The molecule has 1 aliphatic rings. The van der Waals surface area contributed by atoms with Gasteiger partial charge in [0.2, 0.25) is 0 Å². The third-order valence-electron chi connectivity index (χ3n) is 2.72. The van der Waals surface area contributed by atoms with Crippen LogP contribution in [0.3, 0.4) is 0 Å². The average molecular weight is 205 g/mol. The summed E-state index contributed by atoms with van der Waals surface area (Å²) >= 11 is 0. The number of para-hydroxylation sites is 1. The summed E-state index contributed by atoms with van der Waals surface area (Å²) in [6.07, 6.45) is 6.18. The van der Waals surface area contributed by atoms with Gasteiger partial charge in [-0.25, -0.2) is 0 Å². The SMILES string of the molecule is C1=c2ccccc2=N/C=c2/ccccc2=C1. The molecule has 2 aromatic carbocycles. The molecule has 0 N–H and O–H groups in total. The molecule has 0 fully saturated rings. The minimum Gasteiger partial charge on any atom is -0.256 e. The second-order valence-corrected chi connectivity index (χ2v) is 3.78. The monoisotopic (exact) mass is 205 g/mol. The lowest BCUT2D eigenvalue weighted by Crippen LogP contribution is -2.29. The van der Waals surface area contributed by atoms with E-state index in [2.05, 4.69) is 35.3 Å². The fourth-order valence-electron chi connectivity index (χ4n) is 1.84. The van der Waals surface area contributed by atoms with Crippen LogP contribution in [-0.4, -0.2) is 0 Å². The maximum absolute atomic E-state index is 4.51. The Labute approximate surface area is 93.4 Å². The summed E-state index contributed by atoms with van der Waals surface area (Å²) in [5, 5.41) is 4.55. The van der Waals surface area contributed by atoms with Crippen molar-refractivity contribution in [3.05, 3.63) is 69.5 Å². The molecule has 0 aromatic heterocycles. The van der Waals surface area contributed by atoms with E-state index in [1.165, 1.54) is 5.22 Å². The molecule has 0 bridgehead atoms. The highest BCUT2D eigenvalue weighted by atomic mass is 14.7. The van der Waals surface area contributed by atoms with Gasteiger partial charge in [0, 0.05) is 11.4 Å². The van der Waals surface area contributed by atoms with Gasteiger partial charge >= 0.3 is 0 Å². The Morgan fingerprint density at radius 1 is 0.625 bits per heavy atom. The van der Waals surface area contributed by atoms with E-state index in [1.807, 2.05) is 36.5 Å².